The molecule has 0 saturated carbocycles. The molecule has 0 aromatic carbocycles. The second-order valence-corrected chi connectivity index (χ2v) is 3.66. The van der Waals surface area contributed by atoms with Gasteiger partial charge in [0.25, 0.3) is 0 Å². The minimum atomic E-state index is -0.723. The van der Waals surface area contributed by atoms with Gasteiger partial charge in [0.15, 0.2) is 0 Å². The maximum atomic E-state index is 9.41. The lowest BCUT2D eigenvalue weighted by Crippen LogP contribution is -2.30. The summed E-state index contributed by atoms with van der Waals surface area (Å²) in [6.45, 7) is 7.39. The Morgan fingerprint density at radius 1 is 1.46 bits per heavy atom. The summed E-state index contributed by atoms with van der Waals surface area (Å²) >= 11 is 3.92. The molecule has 0 aliphatic carbocycles. The van der Waals surface area contributed by atoms with Crippen LogP contribution in [0.4, 0.5) is 0 Å². The summed E-state index contributed by atoms with van der Waals surface area (Å²) in [5.41, 5.74) is 0.683. The fourth-order valence-corrected chi connectivity index (χ4v) is 1.10. The second kappa shape index (κ2) is 6.43. The van der Waals surface area contributed by atoms with Crippen molar-refractivity contribution in [2.75, 3.05) is 5.88 Å². The molecule has 0 saturated heterocycles. The first-order chi connectivity index (χ1) is 5.99. The highest BCUT2D eigenvalue weighted by atomic mass is 32.1. The zero-order valence-electron chi connectivity index (χ0n) is 8.20. The van der Waals surface area contributed by atoms with E-state index < -0.39 is 6.23 Å². The molecule has 0 amide bonds. The molecule has 3 atom stereocenters. The van der Waals surface area contributed by atoms with Crippen LogP contribution >= 0.6 is 12.6 Å². The van der Waals surface area contributed by atoms with Crippen molar-refractivity contribution in [1.29, 1.82) is 0 Å². The zero-order valence-corrected chi connectivity index (χ0v) is 9.09. The van der Waals surface area contributed by atoms with E-state index in [2.05, 4.69) is 24.5 Å². The van der Waals surface area contributed by atoms with Crippen molar-refractivity contribution in [2.45, 2.75) is 32.6 Å². The van der Waals surface area contributed by atoms with Gasteiger partial charge >= 0.3 is 0 Å². The van der Waals surface area contributed by atoms with E-state index in [4.69, 9.17) is 0 Å². The molecule has 4 heteroatoms. The largest absolute Gasteiger partial charge is 0.393 e. The summed E-state index contributed by atoms with van der Waals surface area (Å²) in [7, 11) is 0. The van der Waals surface area contributed by atoms with Crippen LogP contribution in [0.5, 0.6) is 0 Å². The van der Waals surface area contributed by atoms with Gasteiger partial charge in [0.2, 0.25) is 0 Å². The van der Waals surface area contributed by atoms with Crippen LogP contribution in [-0.4, -0.2) is 28.4 Å². The van der Waals surface area contributed by atoms with E-state index >= 15 is 0 Å². The Bertz CT molecular complexity index is 162. The molecule has 0 heterocycles. The van der Waals surface area contributed by atoms with E-state index in [1.165, 1.54) is 0 Å². The summed E-state index contributed by atoms with van der Waals surface area (Å²) < 4.78 is 0. The van der Waals surface area contributed by atoms with Gasteiger partial charge in [0.05, 0.1) is 6.10 Å². The van der Waals surface area contributed by atoms with E-state index in [9.17, 15) is 10.2 Å². The maximum Gasteiger partial charge on any atom is 0.127 e. The number of hydrogen-bond donors (Lipinski definition) is 4. The van der Waals surface area contributed by atoms with Gasteiger partial charge in [-0.25, -0.2) is 0 Å². The van der Waals surface area contributed by atoms with E-state index in [0.29, 0.717) is 17.9 Å². The van der Waals surface area contributed by atoms with E-state index in [1.807, 2.05) is 6.92 Å². The predicted octanol–water partition coefficient (Wildman–Crippen LogP) is 0.745. The van der Waals surface area contributed by atoms with Crippen LogP contribution in [0.25, 0.3) is 0 Å². The number of thiol groups is 1. The summed E-state index contributed by atoms with van der Waals surface area (Å²) in [5.74, 6) is 0.521. The molecule has 0 spiro atoms. The van der Waals surface area contributed by atoms with Crippen molar-refractivity contribution < 1.29 is 10.2 Å². The molecule has 0 aliphatic rings. The normalized spacial score (nSPS) is 17.9. The summed E-state index contributed by atoms with van der Waals surface area (Å²) in [6, 6.07) is 0. The number of rotatable bonds is 6. The Balaban J connectivity index is 3.85. The first-order valence-electron chi connectivity index (χ1n) is 4.37. The van der Waals surface area contributed by atoms with Gasteiger partial charge in [-0.1, -0.05) is 13.5 Å². The van der Waals surface area contributed by atoms with Gasteiger partial charge in [-0.05, 0) is 24.8 Å². The standard InChI is InChI=1S/C9H19NO2S/c1-6(8(3)11)4-7(2)9(12)10-5-13/h6,8-13H,2,4-5H2,1,3H3. The summed E-state index contributed by atoms with van der Waals surface area (Å²) in [5, 5.41) is 21.4. The fraction of sp³-hybridized carbons (Fsp3) is 0.778. The lowest BCUT2D eigenvalue weighted by atomic mass is 9.97. The third-order valence-electron chi connectivity index (χ3n) is 2.08. The average Bonchev–Trinajstić information content (AvgIpc) is 2.04. The molecule has 3 unspecified atom stereocenters. The molecular weight excluding hydrogens is 186 g/mol. The summed E-state index contributed by atoms with van der Waals surface area (Å²) in [6.07, 6.45) is -0.488. The van der Waals surface area contributed by atoms with Crippen LogP contribution in [0.2, 0.25) is 0 Å². The highest BCUT2D eigenvalue weighted by Crippen LogP contribution is 2.15. The molecule has 78 valence electrons. The Labute approximate surface area is 85.3 Å². The predicted molar refractivity (Wildman–Crippen MR) is 57.6 cm³/mol. The van der Waals surface area contributed by atoms with Gasteiger partial charge in [-0.15, -0.1) is 0 Å². The minimum Gasteiger partial charge on any atom is -0.393 e. The van der Waals surface area contributed by atoms with Crippen molar-refractivity contribution in [3.8, 4) is 0 Å². The Kier molecular flexibility index (Phi) is 6.41. The number of nitrogens with one attached hydrogen (secondary N) is 1. The molecule has 0 radical (unpaired) electrons. The van der Waals surface area contributed by atoms with Crippen LogP contribution in [0.1, 0.15) is 20.3 Å². The average molecular weight is 205 g/mol. The number of hydrogen-bond acceptors (Lipinski definition) is 4. The minimum absolute atomic E-state index is 0.115. The van der Waals surface area contributed by atoms with Gasteiger partial charge in [0, 0.05) is 5.88 Å². The van der Waals surface area contributed by atoms with Gasteiger partial charge in [-0.3, -0.25) is 5.32 Å². The SMILES string of the molecule is C=C(CC(C)C(C)O)C(O)NCS. The summed E-state index contributed by atoms with van der Waals surface area (Å²) in [4.78, 5) is 0. The monoisotopic (exact) mass is 205 g/mol. The number of aliphatic hydroxyl groups is 2. The topological polar surface area (TPSA) is 52.5 Å². The lowest BCUT2D eigenvalue weighted by Gasteiger charge is -2.19. The molecule has 0 aliphatic heterocycles. The zero-order chi connectivity index (χ0) is 10.4. The molecule has 13 heavy (non-hydrogen) atoms. The molecule has 0 fully saturated rings. The van der Waals surface area contributed by atoms with E-state index in [0.717, 1.165) is 0 Å². The Morgan fingerprint density at radius 3 is 2.38 bits per heavy atom. The smallest absolute Gasteiger partial charge is 0.127 e. The highest BCUT2D eigenvalue weighted by molar-refractivity contribution is 7.80. The van der Waals surface area contributed by atoms with E-state index in [-0.39, 0.29) is 12.0 Å². The molecule has 0 aromatic heterocycles. The van der Waals surface area contributed by atoms with E-state index in [1.54, 1.807) is 6.92 Å². The van der Waals surface area contributed by atoms with Gasteiger partial charge in [0.1, 0.15) is 6.23 Å². The van der Waals surface area contributed by atoms with Crippen molar-refractivity contribution in [3.05, 3.63) is 12.2 Å². The molecule has 0 rings (SSSR count). The lowest BCUT2D eigenvalue weighted by molar-refractivity contribution is 0.123. The van der Waals surface area contributed by atoms with Crippen LogP contribution < -0.4 is 5.32 Å². The van der Waals surface area contributed by atoms with Crippen molar-refractivity contribution in [3.63, 3.8) is 0 Å². The van der Waals surface area contributed by atoms with Crippen LogP contribution in [-0.2, 0) is 0 Å². The number of aliphatic hydroxyl groups excluding tert-OH is 2. The molecule has 0 bridgehead atoms. The van der Waals surface area contributed by atoms with Crippen LogP contribution in [0.15, 0.2) is 12.2 Å². The third-order valence-corrected chi connectivity index (χ3v) is 2.26. The van der Waals surface area contributed by atoms with Gasteiger partial charge in [-0.2, -0.15) is 12.6 Å². The first kappa shape index (κ1) is 13.0. The van der Waals surface area contributed by atoms with Gasteiger partial charge < -0.3 is 10.2 Å². The quantitative estimate of drug-likeness (QED) is 0.294. The molecule has 3 N–H and O–H groups in total. The molecule has 0 aromatic rings. The van der Waals surface area contributed by atoms with Crippen molar-refractivity contribution in [2.24, 2.45) is 5.92 Å². The molecular formula is C9H19NO2S. The van der Waals surface area contributed by atoms with Crippen molar-refractivity contribution in [1.82, 2.24) is 5.32 Å². The fourth-order valence-electron chi connectivity index (χ4n) is 0.927. The highest BCUT2D eigenvalue weighted by Gasteiger charge is 2.14. The Morgan fingerprint density at radius 2 is 2.00 bits per heavy atom. The maximum absolute atomic E-state index is 9.41. The Hall–Kier alpha value is -0.0300. The molecule has 3 nitrogen and oxygen atoms in total. The third kappa shape index (κ3) is 5.31. The van der Waals surface area contributed by atoms with Crippen molar-refractivity contribution >= 4 is 12.6 Å². The second-order valence-electron chi connectivity index (χ2n) is 3.35. The first-order valence-corrected chi connectivity index (χ1v) is 5.00. The van der Waals surface area contributed by atoms with Crippen LogP contribution in [0.3, 0.4) is 0 Å². The van der Waals surface area contributed by atoms with Crippen LogP contribution in [0, 0.1) is 5.92 Å².